The summed E-state index contributed by atoms with van der Waals surface area (Å²) in [6, 6.07) is 7.34. The minimum atomic E-state index is -0.0828. The number of hydrogen-bond donors (Lipinski definition) is 2. The zero-order valence-electron chi connectivity index (χ0n) is 12.4. The first-order valence-corrected chi connectivity index (χ1v) is 8.06. The van der Waals surface area contributed by atoms with Gasteiger partial charge in [-0.25, -0.2) is 0 Å². The number of carbonyl (C=O) groups excluding carboxylic acids is 2. The predicted molar refractivity (Wildman–Crippen MR) is 86.7 cm³/mol. The highest BCUT2D eigenvalue weighted by molar-refractivity contribution is 7.12. The molecule has 2 rings (SSSR count). The molecule has 2 amide bonds. The molecular formula is C16H19N3O2S. The average Bonchev–Trinajstić information content (AvgIpc) is 3.06. The topological polar surface area (TPSA) is 71.1 Å². The maximum Gasteiger partial charge on any atom is 0.261 e. The third-order valence-electron chi connectivity index (χ3n) is 3.19. The highest BCUT2D eigenvalue weighted by Gasteiger charge is 2.10. The molecular weight excluding hydrogens is 298 g/mol. The molecule has 0 fully saturated rings. The van der Waals surface area contributed by atoms with Crippen LogP contribution in [0.1, 0.15) is 41.0 Å². The second-order valence-corrected chi connectivity index (χ2v) is 5.85. The average molecular weight is 317 g/mol. The van der Waals surface area contributed by atoms with Crippen LogP contribution in [-0.2, 0) is 4.79 Å². The summed E-state index contributed by atoms with van der Waals surface area (Å²) >= 11 is 1.40. The fourth-order valence-electron chi connectivity index (χ4n) is 1.99. The number of rotatable bonds is 7. The number of pyridine rings is 1. The molecule has 0 aromatic carbocycles. The fourth-order valence-corrected chi connectivity index (χ4v) is 2.63. The van der Waals surface area contributed by atoms with Crippen LogP contribution in [-0.4, -0.2) is 23.3 Å². The molecule has 0 saturated heterocycles. The number of hydrogen-bond acceptors (Lipinski definition) is 4. The summed E-state index contributed by atoms with van der Waals surface area (Å²) in [6.07, 6.45) is 4.42. The molecule has 2 N–H and O–H groups in total. The zero-order valence-corrected chi connectivity index (χ0v) is 13.2. The van der Waals surface area contributed by atoms with Crippen molar-refractivity contribution in [3.8, 4) is 0 Å². The van der Waals surface area contributed by atoms with E-state index in [4.69, 9.17) is 0 Å². The summed E-state index contributed by atoms with van der Waals surface area (Å²) in [4.78, 5) is 28.2. The van der Waals surface area contributed by atoms with Crippen LogP contribution in [0, 0.1) is 0 Å². The van der Waals surface area contributed by atoms with Crippen LogP contribution in [0.15, 0.2) is 42.0 Å². The molecule has 22 heavy (non-hydrogen) atoms. The Labute approximate surface area is 133 Å². The first-order valence-electron chi connectivity index (χ1n) is 7.18. The van der Waals surface area contributed by atoms with Crippen LogP contribution < -0.4 is 10.6 Å². The first kappa shape index (κ1) is 16.2. The van der Waals surface area contributed by atoms with Gasteiger partial charge in [-0.2, -0.15) is 0 Å². The van der Waals surface area contributed by atoms with Crippen molar-refractivity contribution in [2.75, 3.05) is 6.54 Å². The Hall–Kier alpha value is -2.21. The number of carbonyl (C=O) groups is 2. The van der Waals surface area contributed by atoms with Crippen molar-refractivity contribution in [2.24, 2.45) is 0 Å². The van der Waals surface area contributed by atoms with E-state index in [0.29, 0.717) is 24.3 Å². The monoisotopic (exact) mass is 317 g/mol. The van der Waals surface area contributed by atoms with Crippen LogP contribution in [0.2, 0.25) is 0 Å². The van der Waals surface area contributed by atoms with Crippen LogP contribution in [0.3, 0.4) is 0 Å². The minimum Gasteiger partial charge on any atom is -0.351 e. The van der Waals surface area contributed by atoms with Gasteiger partial charge in [0, 0.05) is 25.4 Å². The summed E-state index contributed by atoms with van der Waals surface area (Å²) in [7, 11) is 0. The molecule has 2 heterocycles. The number of amides is 2. The lowest BCUT2D eigenvalue weighted by Crippen LogP contribution is -2.28. The van der Waals surface area contributed by atoms with Gasteiger partial charge in [0.25, 0.3) is 5.91 Å². The molecule has 6 heteroatoms. The van der Waals surface area contributed by atoms with Gasteiger partial charge in [0.05, 0.1) is 10.9 Å². The molecule has 1 unspecified atom stereocenters. The Morgan fingerprint density at radius 3 is 2.73 bits per heavy atom. The van der Waals surface area contributed by atoms with Crippen LogP contribution >= 0.6 is 11.3 Å². The van der Waals surface area contributed by atoms with Crippen LogP contribution in [0.25, 0.3) is 0 Å². The molecule has 1 atom stereocenters. The summed E-state index contributed by atoms with van der Waals surface area (Å²) < 4.78 is 0. The lowest BCUT2D eigenvalue weighted by atomic mass is 10.1. The largest absolute Gasteiger partial charge is 0.351 e. The fraction of sp³-hybridized carbons (Fsp3) is 0.312. The van der Waals surface area contributed by atoms with E-state index >= 15 is 0 Å². The predicted octanol–water partition coefficient (Wildman–Crippen LogP) is 2.53. The van der Waals surface area contributed by atoms with Crippen molar-refractivity contribution in [2.45, 2.75) is 25.8 Å². The normalized spacial score (nSPS) is 11.7. The number of aromatic nitrogens is 1. The smallest absolute Gasteiger partial charge is 0.261 e. The third kappa shape index (κ3) is 4.96. The first-order chi connectivity index (χ1) is 10.7. The van der Waals surface area contributed by atoms with Gasteiger partial charge in [-0.1, -0.05) is 6.07 Å². The number of thiophene rings is 1. The number of nitrogens with zero attached hydrogens (tertiary/aromatic N) is 1. The highest BCUT2D eigenvalue weighted by Crippen LogP contribution is 2.10. The molecule has 0 aliphatic carbocycles. The molecule has 0 aliphatic heterocycles. The molecule has 0 bridgehead atoms. The van der Waals surface area contributed by atoms with E-state index in [2.05, 4.69) is 15.6 Å². The van der Waals surface area contributed by atoms with Gasteiger partial charge < -0.3 is 10.6 Å². The van der Waals surface area contributed by atoms with Crippen LogP contribution in [0.5, 0.6) is 0 Å². The minimum absolute atomic E-state index is 0.0188. The second-order valence-electron chi connectivity index (χ2n) is 4.91. The Bertz CT molecular complexity index is 599. The Kier molecular flexibility index (Phi) is 6.09. The van der Waals surface area contributed by atoms with E-state index in [1.165, 1.54) is 11.3 Å². The van der Waals surface area contributed by atoms with E-state index in [1.54, 1.807) is 18.5 Å². The van der Waals surface area contributed by atoms with Gasteiger partial charge in [-0.05, 0) is 42.5 Å². The summed E-state index contributed by atoms with van der Waals surface area (Å²) in [5.41, 5.74) is 1.02. The zero-order chi connectivity index (χ0) is 15.8. The van der Waals surface area contributed by atoms with Gasteiger partial charge in [-0.3, -0.25) is 14.6 Å². The van der Waals surface area contributed by atoms with E-state index in [9.17, 15) is 9.59 Å². The van der Waals surface area contributed by atoms with Crippen molar-refractivity contribution < 1.29 is 9.59 Å². The molecule has 2 aromatic heterocycles. The van der Waals surface area contributed by atoms with Crippen molar-refractivity contribution in [3.63, 3.8) is 0 Å². The van der Waals surface area contributed by atoms with Crippen molar-refractivity contribution in [1.82, 2.24) is 15.6 Å². The molecule has 5 nitrogen and oxygen atoms in total. The number of nitrogens with one attached hydrogen (secondary N) is 2. The summed E-state index contributed by atoms with van der Waals surface area (Å²) in [6.45, 7) is 2.43. The van der Waals surface area contributed by atoms with Gasteiger partial charge >= 0.3 is 0 Å². The molecule has 0 radical (unpaired) electrons. The van der Waals surface area contributed by atoms with Gasteiger partial charge in [0.2, 0.25) is 5.91 Å². The molecule has 0 aliphatic rings. The third-order valence-corrected chi connectivity index (χ3v) is 4.06. The van der Waals surface area contributed by atoms with Crippen LogP contribution in [0.4, 0.5) is 0 Å². The highest BCUT2D eigenvalue weighted by atomic mass is 32.1. The SMILES string of the molecule is CC(NC(=O)CCCNC(=O)c1cccs1)c1ccncc1. The Morgan fingerprint density at radius 2 is 2.05 bits per heavy atom. The second kappa shape index (κ2) is 8.29. The molecule has 2 aromatic rings. The van der Waals surface area contributed by atoms with Crippen molar-refractivity contribution >= 4 is 23.2 Å². The molecule has 116 valence electrons. The van der Waals surface area contributed by atoms with E-state index < -0.39 is 0 Å². The van der Waals surface area contributed by atoms with Gasteiger partial charge in [0.1, 0.15) is 0 Å². The van der Waals surface area contributed by atoms with E-state index in [0.717, 1.165) is 5.56 Å². The summed E-state index contributed by atoms with van der Waals surface area (Å²) in [5.74, 6) is -0.102. The maximum absolute atomic E-state index is 11.9. The Morgan fingerprint density at radius 1 is 1.27 bits per heavy atom. The van der Waals surface area contributed by atoms with Crippen molar-refractivity contribution in [3.05, 3.63) is 52.5 Å². The van der Waals surface area contributed by atoms with E-state index in [1.807, 2.05) is 30.5 Å². The van der Waals surface area contributed by atoms with E-state index in [-0.39, 0.29) is 17.9 Å². The Balaban J connectivity index is 1.65. The molecule has 0 spiro atoms. The van der Waals surface area contributed by atoms with Gasteiger partial charge in [-0.15, -0.1) is 11.3 Å². The maximum atomic E-state index is 11.9. The summed E-state index contributed by atoms with van der Waals surface area (Å²) in [5, 5.41) is 7.61. The standard InChI is InChI=1S/C16H19N3O2S/c1-12(13-6-9-17-10-7-13)19-15(20)5-2-8-18-16(21)14-4-3-11-22-14/h3-4,6-7,9-12H,2,5,8H2,1H3,(H,18,21)(H,19,20). The quantitative estimate of drug-likeness (QED) is 0.771. The van der Waals surface area contributed by atoms with Crippen molar-refractivity contribution in [1.29, 1.82) is 0 Å². The lowest BCUT2D eigenvalue weighted by Gasteiger charge is -2.14. The molecule has 0 saturated carbocycles. The van der Waals surface area contributed by atoms with Gasteiger partial charge in [0.15, 0.2) is 0 Å². The lowest BCUT2D eigenvalue weighted by molar-refractivity contribution is -0.121.